The minimum absolute atomic E-state index is 0.171. The molecule has 0 aromatic heterocycles. The van der Waals surface area contributed by atoms with Gasteiger partial charge in [-0.05, 0) is 25.7 Å². The predicted molar refractivity (Wildman–Crippen MR) is 69.2 cm³/mol. The molecule has 0 unspecified atom stereocenters. The number of carbonyl (C=O) groups excluding carboxylic acids is 1. The molecule has 18 heavy (non-hydrogen) atoms. The van der Waals surface area contributed by atoms with Crippen LogP contribution in [0.1, 0.15) is 44.9 Å². The first-order chi connectivity index (χ1) is 8.72. The van der Waals surface area contributed by atoms with E-state index in [4.69, 9.17) is 9.47 Å². The fourth-order valence-electron chi connectivity index (χ4n) is 2.20. The minimum Gasteiger partial charge on any atom is -0.469 e. The number of hydrogen-bond acceptors (Lipinski definition) is 4. The Kier molecular flexibility index (Phi) is 6.98. The monoisotopic (exact) mass is 256 g/mol. The Balaban J connectivity index is 2.28. The van der Waals surface area contributed by atoms with Crippen LogP contribution in [0.4, 0.5) is 0 Å². The van der Waals surface area contributed by atoms with Crippen LogP contribution in [0, 0.1) is 0 Å². The largest absolute Gasteiger partial charge is 0.469 e. The molecule has 4 heteroatoms. The Hall–Kier alpha value is -0.870. The van der Waals surface area contributed by atoms with E-state index in [0.717, 1.165) is 38.5 Å². The van der Waals surface area contributed by atoms with Gasteiger partial charge in [0.2, 0.25) is 0 Å². The normalized spacial score (nSPS) is 17.6. The Bertz CT molecular complexity index is 257. The summed E-state index contributed by atoms with van der Waals surface area (Å²) < 4.78 is 16.1. The van der Waals surface area contributed by atoms with Crippen LogP contribution in [-0.4, -0.2) is 32.1 Å². The number of hydrogen-bond donors (Lipinski definition) is 0. The molecule has 0 saturated carbocycles. The van der Waals surface area contributed by atoms with Crippen LogP contribution in [0.5, 0.6) is 0 Å². The summed E-state index contributed by atoms with van der Waals surface area (Å²) in [5, 5.41) is 0. The van der Waals surface area contributed by atoms with Crippen molar-refractivity contribution in [3.8, 4) is 0 Å². The molecule has 0 bridgehead atoms. The summed E-state index contributed by atoms with van der Waals surface area (Å²) in [6.45, 7) is 5.02. The van der Waals surface area contributed by atoms with Gasteiger partial charge in [-0.15, -0.1) is 6.58 Å². The van der Waals surface area contributed by atoms with Crippen molar-refractivity contribution in [2.75, 3.05) is 20.3 Å². The molecule has 0 atom stereocenters. The van der Waals surface area contributed by atoms with E-state index in [-0.39, 0.29) is 5.97 Å². The van der Waals surface area contributed by atoms with E-state index >= 15 is 0 Å². The fraction of sp³-hybridized carbons (Fsp3) is 0.786. The van der Waals surface area contributed by atoms with Crippen molar-refractivity contribution >= 4 is 5.97 Å². The van der Waals surface area contributed by atoms with Crippen molar-refractivity contribution < 1.29 is 19.0 Å². The molecule has 1 fully saturated rings. The van der Waals surface area contributed by atoms with Crippen LogP contribution in [0.3, 0.4) is 0 Å². The number of allylic oxidation sites excluding steroid dienone is 1. The maximum atomic E-state index is 11.1. The van der Waals surface area contributed by atoms with Gasteiger partial charge in [-0.3, -0.25) is 4.79 Å². The van der Waals surface area contributed by atoms with E-state index in [0.29, 0.717) is 19.6 Å². The fourth-order valence-corrected chi connectivity index (χ4v) is 2.20. The van der Waals surface area contributed by atoms with E-state index in [2.05, 4.69) is 11.3 Å². The van der Waals surface area contributed by atoms with Crippen molar-refractivity contribution in [1.82, 2.24) is 0 Å². The van der Waals surface area contributed by atoms with Gasteiger partial charge in [0.05, 0.1) is 20.3 Å². The second kappa shape index (κ2) is 8.27. The van der Waals surface area contributed by atoms with Gasteiger partial charge >= 0.3 is 5.97 Å². The van der Waals surface area contributed by atoms with Crippen molar-refractivity contribution in [2.45, 2.75) is 50.7 Å². The molecular weight excluding hydrogens is 232 g/mol. The van der Waals surface area contributed by atoms with Crippen molar-refractivity contribution in [3.05, 3.63) is 12.7 Å². The van der Waals surface area contributed by atoms with Crippen LogP contribution in [0.15, 0.2) is 12.7 Å². The predicted octanol–water partition coefficient (Wildman–Crippen LogP) is 2.82. The first-order valence-electron chi connectivity index (χ1n) is 6.68. The van der Waals surface area contributed by atoms with Crippen LogP contribution in [0.2, 0.25) is 0 Å². The molecule has 0 aromatic rings. The number of methoxy groups -OCH3 is 1. The summed E-state index contributed by atoms with van der Waals surface area (Å²) >= 11 is 0. The SMILES string of the molecule is C=CCCCCC1(CCCC(=O)OC)OCCO1. The van der Waals surface area contributed by atoms with Gasteiger partial charge in [-0.2, -0.15) is 0 Å². The van der Waals surface area contributed by atoms with Gasteiger partial charge in [-0.25, -0.2) is 0 Å². The third-order valence-corrected chi connectivity index (χ3v) is 3.20. The first-order valence-corrected chi connectivity index (χ1v) is 6.68. The van der Waals surface area contributed by atoms with E-state index in [9.17, 15) is 4.79 Å². The smallest absolute Gasteiger partial charge is 0.305 e. The Morgan fingerprint density at radius 3 is 2.56 bits per heavy atom. The van der Waals surface area contributed by atoms with Crippen LogP contribution >= 0.6 is 0 Å². The standard InChI is InChI=1S/C14H24O4/c1-3-4-5-6-9-14(17-11-12-18-14)10-7-8-13(15)16-2/h3H,1,4-12H2,2H3. The van der Waals surface area contributed by atoms with Crippen molar-refractivity contribution in [2.24, 2.45) is 0 Å². The van der Waals surface area contributed by atoms with Gasteiger partial charge in [0.15, 0.2) is 5.79 Å². The number of ether oxygens (including phenoxy) is 3. The lowest BCUT2D eigenvalue weighted by atomic mass is 10.0. The molecule has 1 heterocycles. The minimum atomic E-state index is -0.463. The zero-order valence-corrected chi connectivity index (χ0v) is 11.3. The molecule has 1 rings (SSSR count). The lowest BCUT2D eigenvalue weighted by Crippen LogP contribution is -2.30. The molecule has 1 aliphatic rings. The summed E-state index contributed by atoms with van der Waals surface area (Å²) in [6.07, 6.45) is 7.95. The summed E-state index contributed by atoms with van der Waals surface area (Å²) in [6, 6.07) is 0. The second-order valence-electron chi connectivity index (χ2n) is 4.57. The molecular formula is C14H24O4. The van der Waals surface area contributed by atoms with Crippen LogP contribution < -0.4 is 0 Å². The maximum Gasteiger partial charge on any atom is 0.305 e. The van der Waals surface area contributed by atoms with Gasteiger partial charge < -0.3 is 14.2 Å². The number of rotatable bonds is 9. The lowest BCUT2D eigenvalue weighted by molar-refractivity contribution is -0.169. The molecule has 0 spiro atoms. The lowest BCUT2D eigenvalue weighted by Gasteiger charge is -2.27. The molecule has 0 N–H and O–H groups in total. The van der Waals surface area contributed by atoms with Crippen LogP contribution in [0.25, 0.3) is 0 Å². The van der Waals surface area contributed by atoms with E-state index < -0.39 is 5.79 Å². The summed E-state index contributed by atoms with van der Waals surface area (Å²) in [5.74, 6) is -0.635. The highest BCUT2D eigenvalue weighted by atomic mass is 16.7. The molecule has 4 nitrogen and oxygen atoms in total. The third-order valence-electron chi connectivity index (χ3n) is 3.20. The molecule has 0 aliphatic carbocycles. The van der Waals surface area contributed by atoms with Crippen molar-refractivity contribution in [1.29, 1.82) is 0 Å². The van der Waals surface area contributed by atoms with Gasteiger partial charge in [-0.1, -0.05) is 6.08 Å². The Morgan fingerprint density at radius 2 is 1.94 bits per heavy atom. The number of esters is 1. The molecule has 1 aliphatic heterocycles. The van der Waals surface area contributed by atoms with Crippen LogP contribution in [-0.2, 0) is 19.0 Å². The maximum absolute atomic E-state index is 11.1. The molecule has 104 valence electrons. The molecule has 1 saturated heterocycles. The Labute approximate surface area is 109 Å². The van der Waals surface area contributed by atoms with Crippen molar-refractivity contribution in [3.63, 3.8) is 0 Å². The molecule has 0 aromatic carbocycles. The van der Waals surface area contributed by atoms with Gasteiger partial charge in [0.25, 0.3) is 0 Å². The Morgan fingerprint density at radius 1 is 1.28 bits per heavy atom. The van der Waals surface area contributed by atoms with Gasteiger partial charge in [0, 0.05) is 19.3 Å². The highest BCUT2D eigenvalue weighted by molar-refractivity contribution is 5.68. The zero-order valence-electron chi connectivity index (χ0n) is 11.3. The topological polar surface area (TPSA) is 44.8 Å². The number of carbonyl (C=O) groups is 1. The summed E-state index contributed by atoms with van der Waals surface area (Å²) in [4.78, 5) is 11.1. The summed E-state index contributed by atoms with van der Waals surface area (Å²) in [5.41, 5.74) is 0. The van der Waals surface area contributed by atoms with E-state index in [1.807, 2.05) is 6.08 Å². The highest BCUT2D eigenvalue weighted by Crippen LogP contribution is 2.31. The molecule has 0 radical (unpaired) electrons. The first kappa shape index (κ1) is 15.2. The third kappa shape index (κ3) is 5.19. The quantitative estimate of drug-likeness (QED) is 0.361. The highest BCUT2D eigenvalue weighted by Gasteiger charge is 2.35. The second-order valence-corrected chi connectivity index (χ2v) is 4.57. The van der Waals surface area contributed by atoms with E-state index in [1.54, 1.807) is 0 Å². The summed E-state index contributed by atoms with van der Waals surface area (Å²) in [7, 11) is 1.41. The average Bonchev–Trinajstić information content (AvgIpc) is 2.84. The average molecular weight is 256 g/mol. The van der Waals surface area contributed by atoms with E-state index in [1.165, 1.54) is 7.11 Å². The zero-order chi connectivity index (χ0) is 13.3. The number of unbranched alkanes of at least 4 members (excludes halogenated alkanes) is 2. The molecule has 0 amide bonds. The van der Waals surface area contributed by atoms with Gasteiger partial charge in [0.1, 0.15) is 0 Å².